The van der Waals surface area contributed by atoms with Gasteiger partial charge in [0, 0.05) is 17.5 Å². The van der Waals surface area contributed by atoms with E-state index in [0.717, 1.165) is 11.4 Å². The Labute approximate surface area is 80.0 Å². The Kier molecular flexibility index (Phi) is 1.73. The van der Waals surface area contributed by atoms with Gasteiger partial charge in [-0.3, -0.25) is 0 Å². The molecule has 0 amide bonds. The van der Waals surface area contributed by atoms with Gasteiger partial charge >= 0.3 is 5.97 Å². The van der Waals surface area contributed by atoms with E-state index >= 15 is 0 Å². The van der Waals surface area contributed by atoms with Gasteiger partial charge < -0.3 is 5.11 Å². The number of carbonyl (C=O) groups is 1. The van der Waals surface area contributed by atoms with Crippen molar-refractivity contribution in [2.45, 2.75) is 13.8 Å². The van der Waals surface area contributed by atoms with Crippen molar-refractivity contribution >= 4 is 11.6 Å². The molecule has 0 fully saturated rings. The highest BCUT2D eigenvalue weighted by atomic mass is 16.4. The minimum absolute atomic E-state index is 0.0196. The smallest absolute Gasteiger partial charge is 0.356 e. The molecule has 0 aliphatic rings. The Morgan fingerprint density at radius 3 is 2.79 bits per heavy atom. The van der Waals surface area contributed by atoms with Crippen LogP contribution in [0.3, 0.4) is 0 Å². The number of aromatic nitrogens is 3. The normalized spacial score (nSPS) is 10.7. The minimum atomic E-state index is -1.03. The van der Waals surface area contributed by atoms with Gasteiger partial charge in [0.05, 0.1) is 0 Å². The maximum Gasteiger partial charge on any atom is 0.356 e. The third kappa shape index (κ3) is 1.22. The van der Waals surface area contributed by atoms with E-state index in [9.17, 15) is 4.79 Å². The maximum absolute atomic E-state index is 10.7. The molecule has 2 rings (SSSR count). The second kappa shape index (κ2) is 2.80. The summed E-state index contributed by atoms with van der Waals surface area (Å²) < 4.78 is 1.52. The van der Waals surface area contributed by atoms with Crippen molar-refractivity contribution in [3.63, 3.8) is 0 Å². The maximum atomic E-state index is 10.7. The van der Waals surface area contributed by atoms with Gasteiger partial charge in [0.2, 0.25) is 0 Å². The highest BCUT2D eigenvalue weighted by Gasteiger charge is 2.10. The van der Waals surface area contributed by atoms with E-state index in [1.807, 2.05) is 19.9 Å². The second-order valence-corrected chi connectivity index (χ2v) is 3.14. The summed E-state index contributed by atoms with van der Waals surface area (Å²) in [4.78, 5) is 14.8. The topological polar surface area (TPSA) is 67.5 Å². The first kappa shape index (κ1) is 8.68. The lowest BCUT2D eigenvalue weighted by Gasteiger charge is -1.98. The number of hydrogen-bond acceptors (Lipinski definition) is 3. The highest BCUT2D eigenvalue weighted by Crippen LogP contribution is 2.08. The number of rotatable bonds is 1. The van der Waals surface area contributed by atoms with Crippen LogP contribution in [0.2, 0.25) is 0 Å². The zero-order chi connectivity index (χ0) is 10.3. The summed E-state index contributed by atoms with van der Waals surface area (Å²) in [7, 11) is 0. The average molecular weight is 191 g/mol. The van der Waals surface area contributed by atoms with Crippen molar-refractivity contribution < 1.29 is 9.90 Å². The number of carboxylic acids is 1. The van der Waals surface area contributed by atoms with Gasteiger partial charge in [-0.15, -0.1) is 0 Å². The number of carboxylic acid groups (broad SMARTS) is 1. The molecule has 2 aromatic rings. The van der Waals surface area contributed by atoms with Crippen LogP contribution in [-0.2, 0) is 0 Å². The zero-order valence-electron chi connectivity index (χ0n) is 7.85. The quantitative estimate of drug-likeness (QED) is 0.731. The van der Waals surface area contributed by atoms with Crippen molar-refractivity contribution in [1.29, 1.82) is 0 Å². The van der Waals surface area contributed by atoms with E-state index in [0.29, 0.717) is 5.65 Å². The van der Waals surface area contributed by atoms with E-state index in [1.165, 1.54) is 10.6 Å². The molecule has 2 aromatic heterocycles. The van der Waals surface area contributed by atoms with Crippen LogP contribution in [0.4, 0.5) is 0 Å². The number of nitrogens with zero attached hydrogens (tertiary/aromatic N) is 3. The van der Waals surface area contributed by atoms with E-state index < -0.39 is 5.97 Å². The molecule has 5 heteroatoms. The first-order valence-corrected chi connectivity index (χ1v) is 4.15. The molecule has 2 heterocycles. The zero-order valence-corrected chi connectivity index (χ0v) is 7.85. The molecule has 0 aromatic carbocycles. The molecule has 1 N–H and O–H groups in total. The van der Waals surface area contributed by atoms with Gasteiger partial charge in [0.15, 0.2) is 11.3 Å². The highest BCUT2D eigenvalue weighted by molar-refractivity contribution is 5.86. The van der Waals surface area contributed by atoms with E-state index in [4.69, 9.17) is 5.11 Å². The molecule has 0 saturated heterocycles. The van der Waals surface area contributed by atoms with Crippen molar-refractivity contribution in [2.75, 3.05) is 0 Å². The summed E-state index contributed by atoms with van der Waals surface area (Å²) in [6.45, 7) is 3.72. The molecule has 0 aliphatic carbocycles. The fourth-order valence-corrected chi connectivity index (χ4v) is 1.39. The predicted molar refractivity (Wildman–Crippen MR) is 49.4 cm³/mol. The lowest BCUT2D eigenvalue weighted by Crippen LogP contribution is -2.00. The summed E-state index contributed by atoms with van der Waals surface area (Å²) in [5, 5.41) is 12.6. The summed E-state index contributed by atoms with van der Waals surface area (Å²) in [6.07, 6.45) is 0. The summed E-state index contributed by atoms with van der Waals surface area (Å²) in [5.74, 6) is -1.03. The lowest BCUT2D eigenvalue weighted by atomic mass is 10.3. The number of hydrogen-bond donors (Lipinski definition) is 1. The van der Waals surface area contributed by atoms with Crippen LogP contribution < -0.4 is 0 Å². The number of fused-ring (bicyclic) bond motifs is 1. The third-order valence-corrected chi connectivity index (χ3v) is 1.95. The third-order valence-electron chi connectivity index (χ3n) is 1.95. The van der Waals surface area contributed by atoms with E-state index in [1.54, 1.807) is 0 Å². The Hall–Kier alpha value is -1.91. The fraction of sp³-hybridized carbons (Fsp3) is 0.222. The van der Waals surface area contributed by atoms with E-state index in [2.05, 4.69) is 10.1 Å². The van der Waals surface area contributed by atoms with Crippen LogP contribution >= 0.6 is 0 Å². The van der Waals surface area contributed by atoms with Crippen molar-refractivity contribution in [2.24, 2.45) is 0 Å². The van der Waals surface area contributed by atoms with Gasteiger partial charge in [-0.05, 0) is 19.9 Å². The van der Waals surface area contributed by atoms with Crippen LogP contribution in [0, 0.1) is 13.8 Å². The fourth-order valence-electron chi connectivity index (χ4n) is 1.39. The molecule has 0 saturated carbocycles. The first-order chi connectivity index (χ1) is 6.58. The van der Waals surface area contributed by atoms with Crippen molar-refractivity contribution in [1.82, 2.24) is 14.6 Å². The molecular weight excluding hydrogens is 182 g/mol. The summed E-state index contributed by atoms with van der Waals surface area (Å²) >= 11 is 0. The molecular formula is C9H9N3O2. The lowest BCUT2D eigenvalue weighted by molar-refractivity contribution is 0.0690. The van der Waals surface area contributed by atoms with Crippen LogP contribution in [0.5, 0.6) is 0 Å². The average Bonchev–Trinajstić information content (AvgIpc) is 2.47. The van der Waals surface area contributed by atoms with Gasteiger partial charge in [-0.25, -0.2) is 14.3 Å². The molecule has 0 bridgehead atoms. The molecule has 0 radical (unpaired) electrons. The first-order valence-electron chi connectivity index (χ1n) is 4.15. The molecule has 0 aliphatic heterocycles. The Morgan fingerprint density at radius 2 is 2.14 bits per heavy atom. The van der Waals surface area contributed by atoms with Crippen LogP contribution in [0.15, 0.2) is 12.1 Å². The second-order valence-electron chi connectivity index (χ2n) is 3.14. The molecule has 5 nitrogen and oxygen atoms in total. The molecule has 14 heavy (non-hydrogen) atoms. The van der Waals surface area contributed by atoms with Crippen molar-refractivity contribution in [3.8, 4) is 0 Å². The molecule has 72 valence electrons. The Bertz CT molecular complexity index is 516. The van der Waals surface area contributed by atoms with Gasteiger partial charge in [0.25, 0.3) is 0 Å². The summed E-state index contributed by atoms with van der Waals surface area (Å²) in [6, 6.07) is 3.31. The van der Waals surface area contributed by atoms with Crippen molar-refractivity contribution in [3.05, 3.63) is 29.2 Å². The van der Waals surface area contributed by atoms with Crippen LogP contribution in [0.25, 0.3) is 5.65 Å². The molecule has 0 unspecified atom stereocenters. The van der Waals surface area contributed by atoms with Gasteiger partial charge in [-0.1, -0.05) is 0 Å². The Morgan fingerprint density at radius 1 is 1.43 bits per heavy atom. The predicted octanol–water partition coefficient (Wildman–Crippen LogP) is 1.04. The van der Waals surface area contributed by atoms with Crippen LogP contribution in [-0.4, -0.2) is 25.7 Å². The standard InChI is InChI=1S/C9H9N3O2/c1-5-3-6(2)12-8(10-5)4-7(11-12)9(13)14/h3-4H,1-2H3,(H,13,14). The molecule has 0 spiro atoms. The minimum Gasteiger partial charge on any atom is -0.476 e. The Balaban J connectivity index is 2.76. The largest absolute Gasteiger partial charge is 0.476 e. The number of aryl methyl sites for hydroxylation is 2. The van der Waals surface area contributed by atoms with E-state index in [-0.39, 0.29) is 5.69 Å². The van der Waals surface area contributed by atoms with Crippen LogP contribution in [0.1, 0.15) is 21.9 Å². The summed E-state index contributed by atoms with van der Waals surface area (Å²) in [5.41, 5.74) is 2.32. The number of aromatic carboxylic acids is 1. The van der Waals surface area contributed by atoms with Gasteiger partial charge in [0.1, 0.15) is 0 Å². The van der Waals surface area contributed by atoms with Gasteiger partial charge in [-0.2, -0.15) is 5.10 Å². The monoisotopic (exact) mass is 191 g/mol. The molecule has 0 atom stereocenters. The SMILES string of the molecule is Cc1cc(C)n2nc(C(=O)O)cc2n1.